The average molecular weight is 331 g/mol. The van der Waals surface area contributed by atoms with Gasteiger partial charge in [0.1, 0.15) is 6.04 Å². The summed E-state index contributed by atoms with van der Waals surface area (Å²) < 4.78 is 43.6. The molecule has 1 aliphatic rings. The molecule has 1 aromatic carbocycles. The van der Waals surface area contributed by atoms with Gasteiger partial charge in [-0.25, -0.2) is 0 Å². The molecule has 1 heterocycles. The molecule has 5 nitrogen and oxygen atoms in total. The van der Waals surface area contributed by atoms with E-state index in [4.69, 9.17) is 10.5 Å². The van der Waals surface area contributed by atoms with Gasteiger partial charge in [0.25, 0.3) is 0 Å². The Morgan fingerprint density at radius 2 is 2.04 bits per heavy atom. The summed E-state index contributed by atoms with van der Waals surface area (Å²) in [5.74, 6) is -0.577. The van der Waals surface area contributed by atoms with Crippen molar-refractivity contribution < 1.29 is 22.7 Å². The normalized spacial score (nSPS) is 16.5. The number of hydrogen-bond donors (Lipinski definition) is 2. The summed E-state index contributed by atoms with van der Waals surface area (Å²) in [7, 11) is 1.40. The Bertz CT molecular complexity index is 557. The number of carbonyl (C=O) groups is 1. The summed E-state index contributed by atoms with van der Waals surface area (Å²) in [6, 6.07) is 2.43. The maximum Gasteiger partial charge on any atom is 0.416 e. The predicted molar refractivity (Wildman–Crippen MR) is 81.4 cm³/mol. The van der Waals surface area contributed by atoms with Gasteiger partial charge in [0.05, 0.1) is 23.5 Å². The van der Waals surface area contributed by atoms with Gasteiger partial charge >= 0.3 is 6.18 Å². The summed E-state index contributed by atoms with van der Waals surface area (Å²) in [6.45, 7) is 1.49. The summed E-state index contributed by atoms with van der Waals surface area (Å²) in [4.78, 5) is 14.0. The lowest BCUT2D eigenvalue weighted by atomic mass is 10.1. The molecule has 0 radical (unpaired) electrons. The Balaban J connectivity index is 2.30. The van der Waals surface area contributed by atoms with E-state index < -0.39 is 23.7 Å². The molecule has 1 saturated heterocycles. The zero-order valence-corrected chi connectivity index (χ0v) is 12.8. The van der Waals surface area contributed by atoms with Gasteiger partial charge < -0.3 is 20.7 Å². The fourth-order valence-electron chi connectivity index (χ4n) is 2.53. The third kappa shape index (κ3) is 4.35. The summed E-state index contributed by atoms with van der Waals surface area (Å²) in [6.07, 6.45) is -2.53. The minimum Gasteiger partial charge on any atom is -0.383 e. The van der Waals surface area contributed by atoms with Crippen molar-refractivity contribution in [1.82, 2.24) is 0 Å². The first-order chi connectivity index (χ1) is 10.8. The molecule has 0 bridgehead atoms. The van der Waals surface area contributed by atoms with Crippen LogP contribution in [0.2, 0.25) is 0 Å². The predicted octanol–water partition coefficient (Wildman–Crippen LogP) is 2.22. The monoisotopic (exact) mass is 331 g/mol. The summed E-state index contributed by atoms with van der Waals surface area (Å²) >= 11 is 0. The molecule has 2 rings (SSSR count). The Morgan fingerprint density at radius 1 is 1.39 bits per heavy atom. The SMILES string of the molecule is COCC(N)C(=O)Nc1cc(C(F)(F)F)ccc1N1CCCC1. The second-order valence-corrected chi connectivity index (χ2v) is 5.47. The van der Waals surface area contributed by atoms with Crippen molar-refractivity contribution in [3.8, 4) is 0 Å². The van der Waals surface area contributed by atoms with Gasteiger partial charge in [0.15, 0.2) is 0 Å². The van der Waals surface area contributed by atoms with E-state index >= 15 is 0 Å². The molecule has 0 saturated carbocycles. The second-order valence-electron chi connectivity index (χ2n) is 5.47. The number of nitrogens with two attached hydrogens (primary N) is 1. The van der Waals surface area contributed by atoms with Gasteiger partial charge in [-0.3, -0.25) is 4.79 Å². The molecular formula is C15H20F3N3O2. The smallest absolute Gasteiger partial charge is 0.383 e. The lowest BCUT2D eigenvalue weighted by molar-refractivity contribution is -0.137. The number of nitrogens with one attached hydrogen (secondary N) is 1. The molecule has 0 spiro atoms. The third-order valence-electron chi connectivity index (χ3n) is 3.71. The molecular weight excluding hydrogens is 311 g/mol. The van der Waals surface area contributed by atoms with E-state index in [0.29, 0.717) is 5.69 Å². The number of benzene rings is 1. The molecule has 0 aliphatic carbocycles. The number of ether oxygens (including phenoxy) is 1. The zero-order valence-electron chi connectivity index (χ0n) is 12.8. The number of nitrogens with zero attached hydrogens (tertiary/aromatic N) is 1. The Morgan fingerprint density at radius 3 is 2.61 bits per heavy atom. The first kappa shape index (κ1) is 17.6. The van der Waals surface area contributed by atoms with Crippen LogP contribution in [0.4, 0.5) is 24.5 Å². The first-order valence-corrected chi connectivity index (χ1v) is 7.34. The molecule has 1 fully saturated rings. The van der Waals surface area contributed by atoms with Crippen molar-refractivity contribution >= 4 is 17.3 Å². The fraction of sp³-hybridized carbons (Fsp3) is 0.533. The van der Waals surface area contributed by atoms with Crippen molar-refractivity contribution in [3.05, 3.63) is 23.8 Å². The largest absolute Gasteiger partial charge is 0.416 e. The van der Waals surface area contributed by atoms with E-state index in [1.807, 2.05) is 4.90 Å². The van der Waals surface area contributed by atoms with Crippen LogP contribution in [0.25, 0.3) is 0 Å². The van der Waals surface area contributed by atoms with E-state index in [-0.39, 0.29) is 12.3 Å². The van der Waals surface area contributed by atoms with E-state index in [0.717, 1.165) is 38.1 Å². The quantitative estimate of drug-likeness (QED) is 0.868. The summed E-state index contributed by atoms with van der Waals surface area (Å²) in [5.41, 5.74) is 5.52. The maximum atomic E-state index is 12.9. The van der Waals surface area contributed by atoms with E-state index in [2.05, 4.69) is 5.32 Å². The lowest BCUT2D eigenvalue weighted by Gasteiger charge is -2.23. The van der Waals surface area contributed by atoms with Gasteiger partial charge in [-0.2, -0.15) is 13.2 Å². The Kier molecular flexibility index (Phi) is 5.48. The molecule has 8 heteroatoms. The van der Waals surface area contributed by atoms with Crippen molar-refractivity contribution in [2.24, 2.45) is 5.73 Å². The number of anilines is 2. The van der Waals surface area contributed by atoms with E-state index in [1.54, 1.807) is 0 Å². The average Bonchev–Trinajstić information content (AvgIpc) is 3.00. The van der Waals surface area contributed by atoms with E-state index in [9.17, 15) is 18.0 Å². The van der Waals surface area contributed by atoms with Crippen molar-refractivity contribution in [2.45, 2.75) is 25.1 Å². The third-order valence-corrected chi connectivity index (χ3v) is 3.71. The zero-order chi connectivity index (χ0) is 17.0. The van der Waals surface area contributed by atoms with Crippen LogP contribution in [0.3, 0.4) is 0 Å². The number of rotatable bonds is 5. The molecule has 3 N–H and O–H groups in total. The standard InChI is InChI=1S/C15H20F3N3O2/c1-23-9-11(19)14(22)20-12-8-10(15(16,17)18)4-5-13(12)21-6-2-3-7-21/h4-5,8,11H,2-3,6-7,9,19H2,1H3,(H,20,22). The maximum absolute atomic E-state index is 12.9. The van der Waals surface area contributed by atoms with E-state index in [1.165, 1.54) is 13.2 Å². The minimum atomic E-state index is -4.47. The van der Waals surface area contributed by atoms with Crippen LogP contribution < -0.4 is 16.0 Å². The van der Waals surface area contributed by atoms with Crippen molar-refractivity contribution in [2.75, 3.05) is 37.0 Å². The number of hydrogen-bond acceptors (Lipinski definition) is 4. The van der Waals surface area contributed by atoms with Crippen LogP contribution in [0, 0.1) is 0 Å². The summed E-state index contributed by atoms with van der Waals surface area (Å²) in [5, 5.41) is 2.50. The van der Waals surface area contributed by atoms with Gasteiger partial charge in [0, 0.05) is 20.2 Å². The molecule has 23 heavy (non-hydrogen) atoms. The van der Waals surface area contributed by atoms with Gasteiger partial charge in [0.2, 0.25) is 5.91 Å². The van der Waals surface area contributed by atoms with Crippen LogP contribution in [0.1, 0.15) is 18.4 Å². The van der Waals surface area contributed by atoms with Crippen LogP contribution >= 0.6 is 0 Å². The Hall–Kier alpha value is -1.80. The first-order valence-electron chi connectivity index (χ1n) is 7.34. The highest BCUT2D eigenvalue weighted by molar-refractivity contribution is 5.97. The topological polar surface area (TPSA) is 67.6 Å². The minimum absolute atomic E-state index is 0.0101. The number of alkyl halides is 3. The molecule has 128 valence electrons. The fourth-order valence-corrected chi connectivity index (χ4v) is 2.53. The lowest BCUT2D eigenvalue weighted by Crippen LogP contribution is -2.39. The highest BCUT2D eigenvalue weighted by atomic mass is 19.4. The molecule has 1 amide bonds. The molecule has 1 aromatic rings. The van der Waals surface area contributed by atoms with Gasteiger partial charge in [-0.1, -0.05) is 0 Å². The number of halogens is 3. The molecule has 1 aliphatic heterocycles. The number of carbonyl (C=O) groups excluding carboxylic acids is 1. The van der Waals surface area contributed by atoms with Crippen LogP contribution in [-0.4, -0.2) is 38.8 Å². The number of methoxy groups -OCH3 is 1. The van der Waals surface area contributed by atoms with Gasteiger partial charge in [-0.05, 0) is 31.0 Å². The van der Waals surface area contributed by atoms with Crippen LogP contribution in [0.5, 0.6) is 0 Å². The highest BCUT2D eigenvalue weighted by Gasteiger charge is 2.32. The Labute approximate surface area is 132 Å². The van der Waals surface area contributed by atoms with Gasteiger partial charge in [-0.15, -0.1) is 0 Å². The molecule has 1 atom stereocenters. The highest BCUT2D eigenvalue weighted by Crippen LogP contribution is 2.36. The van der Waals surface area contributed by atoms with Crippen molar-refractivity contribution in [3.63, 3.8) is 0 Å². The van der Waals surface area contributed by atoms with Crippen LogP contribution in [0.15, 0.2) is 18.2 Å². The van der Waals surface area contributed by atoms with Crippen molar-refractivity contribution in [1.29, 1.82) is 0 Å². The second kappa shape index (κ2) is 7.18. The van der Waals surface area contributed by atoms with Crippen LogP contribution in [-0.2, 0) is 15.7 Å². The number of amides is 1. The molecule has 1 unspecified atom stereocenters. The molecule has 0 aromatic heterocycles.